The number of carbonyl (C=O) groups excluding carboxylic acids is 1. The van der Waals surface area contributed by atoms with Crippen LogP contribution < -0.4 is 20.5 Å². The second-order valence-electron chi connectivity index (χ2n) is 4.86. The number of rotatable bonds is 9. The minimum absolute atomic E-state index is 0.193. The van der Waals surface area contributed by atoms with Gasteiger partial charge in [-0.3, -0.25) is 4.79 Å². The zero-order valence-electron chi connectivity index (χ0n) is 13.1. The van der Waals surface area contributed by atoms with Gasteiger partial charge < -0.3 is 20.5 Å². The highest BCUT2D eigenvalue weighted by molar-refractivity contribution is 5.94. The smallest absolute Gasteiger partial charge is 0.241 e. The average Bonchev–Trinajstić information content (AvgIpc) is 2.50. The Hall–Kier alpha value is -1.75. The molecule has 1 rings (SSSR count). The van der Waals surface area contributed by atoms with E-state index in [4.69, 9.17) is 15.2 Å². The molecule has 0 aliphatic rings. The van der Waals surface area contributed by atoms with Crippen molar-refractivity contribution in [1.29, 1.82) is 0 Å². The molecule has 0 aromatic heterocycles. The fourth-order valence-electron chi connectivity index (χ4n) is 1.66. The van der Waals surface area contributed by atoms with E-state index in [-0.39, 0.29) is 5.91 Å². The van der Waals surface area contributed by atoms with E-state index in [1.165, 1.54) is 0 Å². The minimum atomic E-state index is -0.499. The first-order chi connectivity index (χ1) is 10.1. The zero-order chi connectivity index (χ0) is 15.7. The summed E-state index contributed by atoms with van der Waals surface area (Å²) < 4.78 is 11.3. The number of benzene rings is 1. The van der Waals surface area contributed by atoms with Crippen molar-refractivity contribution in [3.05, 3.63) is 18.2 Å². The van der Waals surface area contributed by atoms with Gasteiger partial charge in [0.2, 0.25) is 5.91 Å². The predicted molar refractivity (Wildman–Crippen MR) is 84.9 cm³/mol. The van der Waals surface area contributed by atoms with Crippen LogP contribution in [0.4, 0.5) is 5.69 Å². The molecular formula is C16H26N2O3. The molecular weight excluding hydrogens is 268 g/mol. The van der Waals surface area contributed by atoms with Crippen LogP contribution in [0, 0.1) is 0 Å². The number of nitrogens with two attached hydrogens (primary N) is 1. The fraction of sp³-hybridized carbons (Fsp3) is 0.562. The van der Waals surface area contributed by atoms with E-state index in [1.54, 1.807) is 12.1 Å². The highest BCUT2D eigenvalue weighted by Crippen LogP contribution is 2.31. The quantitative estimate of drug-likeness (QED) is 0.734. The van der Waals surface area contributed by atoms with Crippen molar-refractivity contribution in [2.75, 3.05) is 18.5 Å². The Bertz CT molecular complexity index is 449. The number of amides is 1. The second kappa shape index (κ2) is 9.23. The highest BCUT2D eigenvalue weighted by Gasteiger charge is 2.13. The summed E-state index contributed by atoms with van der Waals surface area (Å²) in [5, 5.41) is 2.79. The Morgan fingerprint density at radius 1 is 1.14 bits per heavy atom. The summed E-state index contributed by atoms with van der Waals surface area (Å²) >= 11 is 0. The van der Waals surface area contributed by atoms with Crippen molar-refractivity contribution >= 4 is 11.6 Å². The lowest BCUT2D eigenvalue weighted by Gasteiger charge is -2.15. The van der Waals surface area contributed by atoms with Crippen molar-refractivity contribution < 1.29 is 14.3 Å². The van der Waals surface area contributed by atoms with Gasteiger partial charge in [0.25, 0.3) is 0 Å². The SMILES string of the molecule is CCCOc1ccc(NC(=O)[C@@H](N)CC)cc1OCCC. The topological polar surface area (TPSA) is 73.6 Å². The van der Waals surface area contributed by atoms with Gasteiger partial charge >= 0.3 is 0 Å². The van der Waals surface area contributed by atoms with Crippen molar-refractivity contribution in [3.8, 4) is 11.5 Å². The van der Waals surface area contributed by atoms with E-state index in [9.17, 15) is 4.79 Å². The highest BCUT2D eigenvalue weighted by atomic mass is 16.5. The van der Waals surface area contributed by atoms with E-state index in [2.05, 4.69) is 5.32 Å². The summed E-state index contributed by atoms with van der Waals surface area (Å²) in [4.78, 5) is 11.8. The lowest BCUT2D eigenvalue weighted by atomic mass is 10.2. The van der Waals surface area contributed by atoms with E-state index in [0.29, 0.717) is 36.8 Å². The van der Waals surface area contributed by atoms with Gasteiger partial charge in [0, 0.05) is 11.8 Å². The molecule has 0 spiro atoms. The summed E-state index contributed by atoms with van der Waals surface area (Å²) in [6, 6.07) is 4.89. The fourth-order valence-corrected chi connectivity index (χ4v) is 1.66. The summed E-state index contributed by atoms with van der Waals surface area (Å²) in [6.45, 7) is 7.21. The Morgan fingerprint density at radius 2 is 1.76 bits per heavy atom. The Labute approximate surface area is 126 Å². The Kier molecular flexibility index (Phi) is 7.61. The number of carbonyl (C=O) groups is 1. The van der Waals surface area contributed by atoms with Crippen molar-refractivity contribution in [2.45, 2.75) is 46.1 Å². The summed E-state index contributed by atoms with van der Waals surface area (Å²) in [7, 11) is 0. The molecule has 1 amide bonds. The van der Waals surface area contributed by atoms with Crippen molar-refractivity contribution in [3.63, 3.8) is 0 Å². The zero-order valence-corrected chi connectivity index (χ0v) is 13.1. The lowest BCUT2D eigenvalue weighted by molar-refractivity contribution is -0.117. The molecule has 0 fully saturated rings. The summed E-state index contributed by atoms with van der Waals surface area (Å²) in [6.07, 6.45) is 2.43. The van der Waals surface area contributed by atoms with Crippen LogP contribution >= 0.6 is 0 Å². The molecule has 0 saturated heterocycles. The van der Waals surface area contributed by atoms with Crippen LogP contribution in [0.1, 0.15) is 40.0 Å². The van der Waals surface area contributed by atoms with Gasteiger partial charge in [-0.15, -0.1) is 0 Å². The first-order valence-electron chi connectivity index (χ1n) is 7.58. The average molecular weight is 294 g/mol. The summed E-state index contributed by atoms with van der Waals surface area (Å²) in [5.74, 6) is 1.15. The standard InChI is InChI=1S/C16H26N2O3/c1-4-9-20-14-8-7-12(11-15(14)21-10-5-2)18-16(19)13(17)6-3/h7-8,11,13H,4-6,9-10,17H2,1-3H3,(H,18,19)/t13-/m0/s1. The van der Waals surface area contributed by atoms with Crippen LogP contribution in [0.5, 0.6) is 11.5 Å². The van der Waals surface area contributed by atoms with Gasteiger partial charge in [-0.25, -0.2) is 0 Å². The van der Waals surface area contributed by atoms with Crippen LogP contribution in [0.3, 0.4) is 0 Å². The van der Waals surface area contributed by atoms with Gasteiger partial charge in [0.05, 0.1) is 19.3 Å². The maximum atomic E-state index is 11.8. The van der Waals surface area contributed by atoms with E-state index in [1.807, 2.05) is 26.8 Å². The van der Waals surface area contributed by atoms with Crippen LogP contribution in [0.2, 0.25) is 0 Å². The van der Waals surface area contributed by atoms with E-state index in [0.717, 1.165) is 12.8 Å². The molecule has 1 aromatic carbocycles. The number of ether oxygens (including phenoxy) is 2. The van der Waals surface area contributed by atoms with Crippen LogP contribution in [0.15, 0.2) is 18.2 Å². The molecule has 5 heteroatoms. The first kappa shape index (κ1) is 17.3. The van der Waals surface area contributed by atoms with Crippen molar-refractivity contribution in [2.24, 2.45) is 5.73 Å². The Balaban J connectivity index is 2.84. The van der Waals surface area contributed by atoms with Gasteiger partial charge in [0.15, 0.2) is 11.5 Å². The molecule has 0 aliphatic heterocycles. The molecule has 0 heterocycles. The molecule has 21 heavy (non-hydrogen) atoms. The maximum absolute atomic E-state index is 11.8. The minimum Gasteiger partial charge on any atom is -0.490 e. The molecule has 0 radical (unpaired) electrons. The molecule has 1 aromatic rings. The third-order valence-corrected chi connectivity index (χ3v) is 2.91. The molecule has 5 nitrogen and oxygen atoms in total. The van der Waals surface area contributed by atoms with Crippen LogP contribution in [-0.4, -0.2) is 25.2 Å². The second-order valence-corrected chi connectivity index (χ2v) is 4.86. The number of hydrogen-bond donors (Lipinski definition) is 2. The largest absolute Gasteiger partial charge is 0.490 e. The van der Waals surface area contributed by atoms with Gasteiger partial charge in [-0.05, 0) is 31.4 Å². The van der Waals surface area contributed by atoms with E-state index >= 15 is 0 Å². The van der Waals surface area contributed by atoms with Gasteiger partial charge in [-0.1, -0.05) is 20.8 Å². The molecule has 3 N–H and O–H groups in total. The molecule has 0 unspecified atom stereocenters. The van der Waals surface area contributed by atoms with Gasteiger partial charge in [0.1, 0.15) is 0 Å². The number of anilines is 1. The third kappa shape index (κ3) is 5.63. The monoisotopic (exact) mass is 294 g/mol. The van der Waals surface area contributed by atoms with Crippen LogP contribution in [-0.2, 0) is 4.79 Å². The van der Waals surface area contributed by atoms with Gasteiger partial charge in [-0.2, -0.15) is 0 Å². The van der Waals surface area contributed by atoms with E-state index < -0.39 is 6.04 Å². The maximum Gasteiger partial charge on any atom is 0.241 e. The third-order valence-electron chi connectivity index (χ3n) is 2.91. The van der Waals surface area contributed by atoms with Crippen molar-refractivity contribution in [1.82, 2.24) is 0 Å². The lowest BCUT2D eigenvalue weighted by Crippen LogP contribution is -2.34. The molecule has 0 aliphatic carbocycles. The number of hydrogen-bond acceptors (Lipinski definition) is 4. The predicted octanol–water partition coefficient (Wildman–Crippen LogP) is 2.94. The normalized spacial score (nSPS) is 11.8. The molecule has 0 bridgehead atoms. The number of nitrogens with one attached hydrogen (secondary N) is 1. The Morgan fingerprint density at radius 3 is 2.33 bits per heavy atom. The van der Waals surface area contributed by atoms with Crippen LogP contribution in [0.25, 0.3) is 0 Å². The first-order valence-corrected chi connectivity index (χ1v) is 7.58. The molecule has 0 saturated carbocycles. The molecule has 118 valence electrons. The molecule has 1 atom stereocenters. The summed E-state index contributed by atoms with van der Waals surface area (Å²) in [5.41, 5.74) is 6.38.